The van der Waals surface area contributed by atoms with E-state index in [9.17, 15) is 14.0 Å². The summed E-state index contributed by atoms with van der Waals surface area (Å²) in [6.07, 6.45) is 4.59. The van der Waals surface area contributed by atoms with E-state index in [1.807, 2.05) is 30.5 Å². The number of aromatic nitrogens is 2. The average Bonchev–Trinajstić information content (AvgIpc) is 3.10. The number of ether oxygens (including phenoxy) is 1. The molecule has 3 aliphatic rings. The molecule has 0 aliphatic heterocycles. The fourth-order valence-corrected chi connectivity index (χ4v) is 4.99. The van der Waals surface area contributed by atoms with Crippen molar-refractivity contribution in [3.8, 4) is 5.75 Å². The van der Waals surface area contributed by atoms with Crippen LogP contribution >= 0.6 is 11.6 Å². The first kappa shape index (κ1) is 19.1. The molecule has 154 valence electrons. The maximum absolute atomic E-state index is 13.4. The first-order valence-electron chi connectivity index (χ1n) is 9.72. The third-order valence-electron chi connectivity index (χ3n) is 6.00. The number of nitrogens with one attached hydrogen (secondary N) is 1. The molecule has 0 unspecified atom stereocenters. The van der Waals surface area contributed by atoms with Crippen LogP contribution in [0.1, 0.15) is 36.2 Å². The first-order chi connectivity index (χ1) is 14.4. The predicted octanol–water partition coefficient (Wildman–Crippen LogP) is 3.82. The summed E-state index contributed by atoms with van der Waals surface area (Å²) in [4.78, 5) is 24.9. The fraction of sp³-hybridized carbons (Fsp3) is 0.318. The SMILES string of the molecule is O=C(COc1ccc(Cl)c(F)c1)NC12CC(CC(=O)c3cc4ccccn4n3)(C1)C2. The molecule has 3 saturated carbocycles. The lowest BCUT2D eigenvalue weighted by atomic mass is 9.38. The van der Waals surface area contributed by atoms with E-state index in [1.165, 1.54) is 12.1 Å². The van der Waals surface area contributed by atoms with E-state index in [-0.39, 0.29) is 40.0 Å². The quantitative estimate of drug-likeness (QED) is 0.582. The van der Waals surface area contributed by atoms with E-state index in [1.54, 1.807) is 4.52 Å². The van der Waals surface area contributed by atoms with Gasteiger partial charge in [-0.15, -0.1) is 0 Å². The molecule has 30 heavy (non-hydrogen) atoms. The molecule has 3 aromatic rings. The Labute approximate surface area is 177 Å². The zero-order valence-corrected chi connectivity index (χ0v) is 16.8. The smallest absolute Gasteiger partial charge is 0.258 e. The van der Waals surface area contributed by atoms with Crippen LogP contribution in [0.3, 0.4) is 0 Å². The minimum absolute atomic E-state index is 0.00385. The molecular weight excluding hydrogens is 409 g/mol. The Morgan fingerprint density at radius 2 is 2.00 bits per heavy atom. The molecule has 0 saturated heterocycles. The second kappa shape index (κ2) is 6.80. The number of hydrogen-bond donors (Lipinski definition) is 1. The zero-order valence-electron chi connectivity index (χ0n) is 16.0. The molecule has 2 heterocycles. The van der Waals surface area contributed by atoms with Crippen molar-refractivity contribution in [2.75, 3.05) is 6.61 Å². The average molecular weight is 428 g/mol. The van der Waals surface area contributed by atoms with Gasteiger partial charge in [0.2, 0.25) is 0 Å². The van der Waals surface area contributed by atoms with Crippen LogP contribution in [-0.2, 0) is 4.79 Å². The predicted molar refractivity (Wildman–Crippen MR) is 108 cm³/mol. The third kappa shape index (κ3) is 3.33. The maximum Gasteiger partial charge on any atom is 0.258 e. The van der Waals surface area contributed by atoms with Gasteiger partial charge in [0.05, 0.1) is 10.5 Å². The summed E-state index contributed by atoms with van der Waals surface area (Å²) in [5.41, 5.74) is 1.08. The van der Waals surface area contributed by atoms with Gasteiger partial charge in [0, 0.05) is 24.2 Å². The molecule has 0 radical (unpaired) electrons. The monoisotopic (exact) mass is 427 g/mol. The second-order valence-electron chi connectivity index (χ2n) is 8.42. The van der Waals surface area contributed by atoms with Crippen molar-refractivity contribution < 1.29 is 18.7 Å². The lowest BCUT2D eigenvalue weighted by molar-refractivity contribution is -0.164. The number of halogens is 2. The number of carbonyl (C=O) groups is 2. The number of Topliss-reactive ketones (excluding diaryl/α,β-unsaturated/α-hetero) is 1. The van der Waals surface area contributed by atoms with Gasteiger partial charge in [-0.2, -0.15) is 5.10 Å². The third-order valence-corrected chi connectivity index (χ3v) is 6.30. The number of rotatable bonds is 7. The molecule has 8 heteroatoms. The number of ketones is 1. The van der Waals surface area contributed by atoms with E-state index in [2.05, 4.69) is 10.4 Å². The number of hydrogen-bond acceptors (Lipinski definition) is 4. The number of nitrogens with zero attached hydrogens (tertiary/aromatic N) is 2. The summed E-state index contributed by atoms with van der Waals surface area (Å²) in [7, 11) is 0. The van der Waals surface area contributed by atoms with Gasteiger partial charge in [-0.1, -0.05) is 17.7 Å². The van der Waals surface area contributed by atoms with E-state index < -0.39 is 5.82 Å². The highest BCUT2D eigenvalue weighted by Crippen LogP contribution is 2.69. The van der Waals surface area contributed by atoms with Crippen molar-refractivity contribution in [1.82, 2.24) is 14.9 Å². The van der Waals surface area contributed by atoms with Gasteiger partial charge in [-0.05, 0) is 55.0 Å². The van der Waals surface area contributed by atoms with Crippen LogP contribution in [-0.4, -0.2) is 33.5 Å². The molecule has 6 rings (SSSR count). The summed E-state index contributed by atoms with van der Waals surface area (Å²) in [6, 6.07) is 11.5. The Kier molecular flexibility index (Phi) is 4.32. The van der Waals surface area contributed by atoms with Crippen molar-refractivity contribution in [2.45, 2.75) is 31.2 Å². The Morgan fingerprint density at radius 1 is 1.20 bits per heavy atom. The molecule has 1 aromatic carbocycles. The summed E-state index contributed by atoms with van der Waals surface area (Å²) >= 11 is 5.63. The van der Waals surface area contributed by atoms with E-state index in [0.29, 0.717) is 12.1 Å². The zero-order chi connectivity index (χ0) is 20.9. The number of benzene rings is 1. The van der Waals surface area contributed by atoms with Crippen LogP contribution in [0.5, 0.6) is 5.75 Å². The second-order valence-corrected chi connectivity index (χ2v) is 8.83. The Morgan fingerprint density at radius 3 is 2.73 bits per heavy atom. The van der Waals surface area contributed by atoms with Crippen LogP contribution in [0.25, 0.3) is 5.52 Å². The molecule has 2 aromatic heterocycles. The highest BCUT2D eigenvalue weighted by Gasteiger charge is 2.68. The van der Waals surface area contributed by atoms with E-state index in [0.717, 1.165) is 30.8 Å². The molecule has 3 aliphatic carbocycles. The minimum Gasteiger partial charge on any atom is -0.484 e. The van der Waals surface area contributed by atoms with Crippen molar-refractivity contribution >= 4 is 28.8 Å². The van der Waals surface area contributed by atoms with Gasteiger partial charge in [0.1, 0.15) is 17.3 Å². The van der Waals surface area contributed by atoms with Crippen LogP contribution in [0, 0.1) is 11.2 Å². The number of carbonyl (C=O) groups excluding carboxylic acids is 2. The van der Waals surface area contributed by atoms with Gasteiger partial charge in [-0.25, -0.2) is 8.91 Å². The van der Waals surface area contributed by atoms with Crippen molar-refractivity contribution in [2.24, 2.45) is 5.41 Å². The minimum atomic E-state index is -0.591. The number of pyridine rings is 1. The lowest BCUT2D eigenvalue weighted by Crippen LogP contribution is -2.75. The maximum atomic E-state index is 13.4. The molecule has 6 nitrogen and oxygen atoms in total. The van der Waals surface area contributed by atoms with Gasteiger partial charge in [0.15, 0.2) is 12.4 Å². The lowest BCUT2D eigenvalue weighted by Gasteiger charge is -2.70. The summed E-state index contributed by atoms with van der Waals surface area (Å²) in [5.74, 6) is -0.567. The molecule has 1 N–H and O–H groups in total. The Balaban J connectivity index is 1.12. The van der Waals surface area contributed by atoms with E-state index in [4.69, 9.17) is 16.3 Å². The van der Waals surface area contributed by atoms with Crippen LogP contribution in [0.15, 0.2) is 48.7 Å². The molecule has 0 atom stereocenters. The summed E-state index contributed by atoms with van der Waals surface area (Å²) < 4.78 is 20.5. The standard InChI is InChI=1S/C22H19ClFN3O3/c23-16-5-4-15(8-17(16)24)30-10-20(29)25-22-11-21(12-22,13-22)9-19(28)18-7-14-3-1-2-6-27(14)26-18/h1-8H,9-13H2,(H,25,29). The van der Waals surface area contributed by atoms with Crippen LogP contribution in [0.2, 0.25) is 5.02 Å². The van der Waals surface area contributed by atoms with Crippen LogP contribution in [0.4, 0.5) is 4.39 Å². The van der Waals surface area contributed by atoms with Gasteiger partial charge in [-0.3, -0.25) is 9.59 Å². The molecule has 3 fully saturated rings. The Hall–Kier alpha value is -2.93. The van der Waals surface area contributed by atoms with Gasteiger partial charge < -0.3 is 10.1 Å². The van der Waals surface area contributed by atoms with Crippen LogP contribution < -0.4 is 10.1 Å². The van der Waals surface area contributed by atoms with Crippen molar-refractivity contribution in [1.29, 1.82) is 0 Å². The Bertz CT molecular complexity index is 1120. The number of fused-ring (bicyclic) bond motifs is 1. The molecule has 2 bridgehead atoms. The van der Waals surface area contributed by atoms with Gasteiger partial charge in [0.25, 0.3) is 5.91 Å². The fourth-order valence-electron chi connectivity index (χ4n) is 4.87. The highest BCUT2D eigenvalue weighted by molar-refractivity contribution is 6.30. The summed E-state index contributed by atoms with van der Waals surface area (Å²) in [5, 5.41) is 7.35. The van der Waals surface area contributed by atoms with Gasteiger partial charge >= 0.3 is 0 Å². The first-order valence-corrected chi connectivity index (χ1v) is 10.1. The number of amides is 1. The molecule has 1 amide bonds. The highest BCUT2D eigenvalue weighted by atomic mass is 35.5. The van der Waals surface area contributed by atoms with Crippen molar-refractivity contribution in [3.05, 3.63) is 65.2 Å². The molecule has 0 spiro atoms. The van der Waals surface area contributed by atoms with E-state index >= 15 is 0 Å². The topological polar surface area (TPSA) is 72.7 Å². The van der Waals surface area contributed by atoms with Crippen molar-refractivity contribution in [3.63, 3.8) is 0 Å². The normalized spacial score (nSPS) is 24.1. The summed E-state index contributed by atoms with van der Waals surface area (Å²) in [6.45, 7) is -0.198. The largest absolute Gasteiger partial charge is 0.484 e. The molecular formula is C22H19ClFN3O3.